The lowest BCUT2D eigenvalue weighted by molar-refractivity contribution is 0.113. The van der Waals surface area contributed by atoms with Gasteiger partial charge in [0.05, 0.1) is 12.8 Å². The Morgan fingerprint density at radius 2 is 1.62 bits per heavy atom. The lowest BCUT2D eigenvalue weighted by Crippen LogP contribution is -2.45. The van der Waals surface area contributed by atoms with Gasteiger partial charge in [-0.25, -0.2) is 0 Å². The first-order valence-electron chi connectivity index (χ1n) is 6.04. The smallest absolute Gasteiger partial charge is 0.361 e. The van der Waals surface area contributed by atoms with Crippen LogP contribution >= 0.6 is 0 Å². The van der Waals surface area contributed by atoms with Crippen molar-refractivity contribution in [3.8, 4) is 0 Å². The van der Waals surface area contributed by atoms with E-state index in [1.807, 2.05) is 6.92 Å². The quantitative estimate of drug-likeness (QED) is 0.438. The number of rotatable bonds is 10. The Kier molecular flexibility index (Phi) is 8.84. The lowest BCUT2D eigenvalue weighted by atomic mass is 10.4. The van der Waals surface area contributed by atoms with Crippen LogP contribution in [0.15, 0.2) is 12.2 Å². The first-order valence-corrected chi connectivity index (χ1v) is 8.56. The maximum atomic E-state index is 5.82. The van der Waals surface area contributed by atoms with Gasteiger partial charge in [0.1, 0.15) is 0 Å². The van der Waals surface area contributed by atoms with E-state index in [1.54, 1.807) is 0 Å². The molecule has 0 aliphatic carbocycles. The van der Waals surface area contributed by atoms with Gasteiger partial charge in [0.2, 0.25) is 0 Å². The molecule has 0 radical (unpaired) electrons. The minimum Gasteiger partial charge on any atom is -0.393 e. The highest BCUT2D eigenvalue weighted by molar-refractivity contribution is 6.65. The van der Waals surface area contributed by atoms with Gasteiger partial charge in [0, 0.05) is 13.2 Å². The van der Waals surface area contributed by atoms with Crippen molar-refractivity contribution in [1.82, 2.24) is 0 Å². The van der Waals surface area contributed by atoms with E-state index in [4.69, 9.17) is 13.6 Å². The van der Waals surface area contributed by atoms with Gasteiger partial charge in [-0.2, -0.15) is 0 Å². The molecule has 0 aromatic heterocycles. The third-order valence-electron chi connectivity index (χ3n) is 1.94. The first kappa shape index (κ1) is 15.8. The zero-order valence-corrected chi connectivity index (χ0v) is 12.2. The molecule has 0 amide bonds. The standard InChI is InChI=1S/C12H26O3Si/c1-6-8-14-16(5,15-9-7-2)11-13-10-12(3)4/h3,6-11H2,1-2,4-5H3. The highest BCUT2D eigenvalue weighted by atomic mass is 28.4. The van der Waals surface area contributed by atoms with Crippen LogP contribution in [0.1, 0.15) is 33.6 Å². The van der Waals surface area contributed by atoms with Crippen molar-refractivity contribution in [1.29, 1.82) is 0 Å². The maximum Gasteiger partial charge on any atom is 0.361 e. The van der Waals surface area contributed by atoms with Crippen LogP contribution in [0, 0.1) is 0 Å². The van der Waals surface area contributed by atoms with Crippen molar-refractivity contribution in [2.24, 2.45) is 0 Å². The summed E-state index contributed by atoms with van der Waals surface area (Å²) in [7, 11) is -2.12. The topological polar surface area (TPSA) is 27.7 Å². The van der Waals surface area contributed by atoms with Crippen LogP contribution in [0.5, 0.6) is 0 Å². The van der Waals surface area contributed by atoms with Crippen LogP contribution in [-0.4, -0.2) is 34.6 Å². The summed E-state index contributed by atoms with van der Waals surface area (Å²) in [4.78, 5) is 0. The van der Waals surface area contributed by atoms with Crippen LogP contribution in [0.3, 0.4) is 0 Å². The summed E-state index contributed by atoms with van der Waals surface area (Å²) >= 11 is 0. The van der Waals surface area contributed by atoms with E-state index < -0.39 is 8.56 Å². The summed E-state index contributed by atoms with van der Waals surface area (Å²) in [5.41, 5.74) is 1.03. The summed E-state index contributed by atoms with van der Waals surface area (Å²) < 4.78 is 17.2. The van der Waals surface area contributed by atoms with Crippen molar-refractivity contribution in [3.63, 3.8) is 0 Å². The summed E-state index contributed by atoms with van der Waals surface area (Å²) in [5.74, 6) is 0. The fourth-order valence-corrected chi connectivity index (χ4v) is 3.17. The Morgan fingerprint density at radius 3 is 2.00 bits per heavy atom. The van der Waals surface area contributed by atoms with E-state index >= 15 is 0 Å². The molecule has 0 rings (SSSR count). The van der Waals surface area contributed by atoms with Crippen molar-refractivity contribution in [3.05, 3.63) is 12.2 Å². The molecular formula is C12H26O3Si. The van der Waals surface area contributed by atoms with Gasteiger partial charge >= 0.3 is 8.56 Å². The first-order chi connectivity index (χ1) is 7.54. The highest BCUT2D eigenvalue weighted by Crippen LogP contribution is 2.10. The van der Waals surface area contributed by atoms with Gasteiger partial charge in [-0.05, 0) is 26.3 Å². The van der Waals surface area contributed by atoms with Gasteiger partial charge in [0.15, 0.2) is 0 Å². The molecule has 0 N–H and O–H groups in total. The molecule has 0 unspecified atom stereocenters. The molecule has 0 saturated heterocycles. The molecule has 0 atom stereocenters. The average Bonchev–Trinajstić information content (AvgIpc) is 2.23. The molecular weight excluding hydrogens is 220 g/mol. The van der Waals surface area contributed by atoms with Crippen LogP contribution in [0.2, 0.25) is 6.55 Å². The predicted molar refractivity (Wildman–Crippen MR) is 69.7 cm³/mol. The van der Waals surface area contributed by atoms with Crippen LogP contribution in [0.25, 0.3) is 0 Å². The Morgan fingerprint density at radius 1 is 1.12 bits per heavy atom. The Labute approximate surface area is 101 Å². The molecule has 16 heavy (non-hydrogen) atoms. The van der Waals surface area contributed by atoms with Crippen LogP contribution in [-0.2, 0) is 13.6 Å². The highest BCUT2D eigenvalue weighted by Gasteiger charge is 2.31. The van der Waals surface area contributed by atoms with Crippen molar-refractivity contribution >= 4 is 8.56 Å². The van der Waals surface area contributed by atoms with Gasteiger partial charge in [-0.3, -0.25) is 0 Å². The summed E-state index contributed by atoms with van der Waals surface area (Å²) in [5, 5.41) is 0. The van der Waals surface area contributed by atoms with Gasteiger partial charge in [-0.15, -0.1) is 0 Å². The second-order valence-corrected chi connectivity index (χ2v) is 7.41. The van der Waals surface area contributed by atoms with E-state index in [9.17, 15) is 0 Å². The van der Waals surface area contributed by atoms with E-state index in [0.717, 1.165) is 31.6 Å². The van der Waals surface area contributed by atoms with Crippen molar-refractivity contribution in [2.75, 3.05) is 26.1 Å². The summed E-state index contributed by atoms with van der Waals surface area (Å²) in [6.07, 6.45) is 2.61. The molecule has 0 saturated carbocycles. The van der Waals surface area contributed by atoms with Gasteiger partial charge in [-0.1, -0.05) is 26.0 Å². The van der Waals surface area contributed by atoms with E-state index in [2.05, 4.69) is 27.0 Å². The Hall–Kier alpha value is -0.163. The fraction of sp³-hybridized carbons (Fsp3) is 0.833. The van der Waals surface area contributed by atoms with E-state index in [0.29, 0.717) is 12.8 Å². The molecule has 0 heterocycles. The monoisotopic (exact) mass is 246 g/mol. The van der Waals surface area contributed by atoms with Gasteiger partial charge < -0.3 is 13.6 Å². The second-order valence-electron chi connectivity index (χ2n) is 4.28. The Bertz CT molecular complexity index is 187. The lowest BCUT2D eigenvalue weighted by Gasteiger charge is -2.26. The molecule has 0 fully saturated rings. The minimum absolute atomic E-state index is 0.583. The number of hydrogen-bond acceptors (Lipinski definition) is 3. The number of hydrogen-bond donors (Lipinski definition) is 0. The molecule has 0 aliphatic heterocycles. The van der Waals surface area contributed by atoms with Crippen LogP contribution < -0.4 is 0 Å². The summed E-state index contributed by atoms with van der Waals surface area (Å²) in [6.45, 7) is 14.1. The molecule has 96 valence electrons. The fourth-order valence-electron chi connectivity index (χ4n) is 1.17. The van der Waals surface area contributed by atoms with Crippen molar-refractivity contribution in [2.45, 2.75) is 40.2 Å². The second kappa shape index (κ2) is 8.93. The Balaban J connectivity index is 4.01. The molecule has 0 bridgehead atoms. The van der Waals surface area contributed by atoms with E-state index in [1.165, 1.54) is 0 Å². The van der Waals surface area contributed by atoms with Gasteiger partial charge in [0.25, 0.3) is 0 Å². The normalized spacial score (nSPS) is 11.8. The predicted octanol–water partition coefficient (Wildman–Crippen LogP) is 3.04. The largest absolute Gasteiger partial charge is 0.393 e. The average molecular weight is 246 g/mol. The van der Waals surface area contributed by atoms with Crippen LogP contribution in [0.4, 0.5) is 0 Å². The zero-order valence-electron chi connectivity index (χ0n) is 11.2. The SMILES string of the molecule is C=C(C)COC[Si](C)(OCCC)OCCC. The third kappa shape index (κ3) is 8.04. The molecule has 3 nitrogen and oxygen atoms in total. The van der Waals surface area contributed by atoms with Crippen molar-refractivity contribution < 1.29 is 13.6 Å². The molecule has 0 aromatic rings. The summed E-state index contributed by atoms with van der Waals surface area (Å²) in [6, 6.07) is 0. The molecule has 0 spiro atoms. The molecule has 0 aliphatic rings. The molecule has 4 heteroatoms. The minimum atomic E-state index is -2.12. The number of ether oxygens (including phenoxy) is 1. The van der Waals surface area contributed by atoms with E-state index in [-0.39, 0.29) is 0 Å². The third-order valence-corrected chi connectivity index (χ3v) is 4.29. The zero-order chi connectivity index (χ0) is 12.4. The molecule has 0 aromatic carbocycles. The maximum absolute atomic E-state index is 5.82.